The average Bonchev–Trinajstić information content (AvgIpc) is 2.93. The molecule has 0 spiro atoms. The molecule has 4 nitrogen and oxygen atoms in total. The fraction of sp³-hybridized carbons (Fsp3) is 0.294. The number of benzene rings is 1. The van der Waals surface area contributed by atoms with E-state index in [0.29, 0.717) is 0 Å². The summed E-state index contributed by atoms with van der Waals surface area (Å²) >= 11 is 0. The number of hydrogen-bond donors (Lipinski definition) is 1. The second kappa shape index (κ2) is 4.97. The van der Waals surface area contributed by atoms with Crippen molar-refractivity contribution >= 4 is 11.2 Å². The van der Waals surface area contributed by atoms with E-state index in [1.807, 2.05) is 18.3 Å². The maximum Gasteiger partial charge on any atom is 0.160 e. The summed E-state index contributed by atoms with van der Waals surface area (Å²) in [5.74, 6) is 1.10. The molecule has 2 aromatic heterocycles. The molecule has 0 fully saturated rings. The molecule has 21 heavy (non-hydrogen) atoms. The third-order valence-electron chi connectivity index (χ3n) is 4.24. The minimum atomic E-state index is 0.258. The molecule has 1 aliphatic rings. The van der Waals surface area contributed by atoms with Crippen molar-refractivity contribution < 1.29 is 0 Å². The van der Waals surface area contributed by atoms with E-state index >= 15 is 0 Å². The maximum absolute atomic E-state index is 4.82. The minimum absolute atomic E-state index is 0.258. The summed E-state index contributed by atoms with van der Waals surface area (Å²) in [5, 5.41) is 3.62. The molecule has 1 aliphatic heterocycles. The van der Waals surface area contributed by atoms with Crippen LogP contribution in [0.15, 0.2) is 42.6 Å². The van der Waals surface area contributed by atoms with E-state index in [4.69, 9.17) is 4.98 Å². The Hall–Kier alpha value is -2.20. The zero-order valence-electron chi connectivity index (χ0n) is 12.1. The van der Waals surface area contributed by atoms with Crippen LogP contribution in [0.3, 0.4) is 0 Å². The number of nitrogens with one attached hydrogen (secondary N) is 1. The fourth-order valence-electron chi connectivity index (χ4n) is 3.19. The van der Waals surface area contributed by atoms with Gasteiger partial charge in [0.25, 0.3) is 0 Å². The van der Waals surface area contributed by atoms with Gasteiger partial charge in [-0.2, -0.15) is 0 Å². The number of pyridine rings is 1. The van der Waals surface area contributed by atoms with Gasteiger partial charge in [0, 0.05) is 19.3 Å². The number of nitrogens with zero attached hydrogens (tertiary/aromatic N) is 3. The number of hydrogen-bond acceptors (Lipinski definition) is 3. The van der Waals surface area contributed by atoms with Crippen LogP contribution in [-0.2, 0) is 19.5 Å². The smallest absolute Gasteiger partial charge is 0.160 e. The summed E-state index contributed by atoms with van der Waals surface area (Å²) in [7, 11) is 0. The molecule has 3 heterocycles. The summed E-state index contributed by atoms with van der Waals surface area (Å²) < 4.78 is 2.22. The predicted octanol–water partition coefficient (Wildman–Crippen LogP) is 2.84. The van der Waals surface area contributed by atoms with Crippen LogP contribution in [-0.4, -0.2) is 14.5 Å². The van der Waals surface area contributed by atoms with Gasteiger partial charge in [-0.3, -0.25) is 0 Å². The molecule has 0 bridgehead atoms. The van der Waals surface area contributed by atoms with Gasteiger partial charge in [-0.15, -0.1) is 0 Å². The third kappa shape index (κ3) is 2.03. The Morgan fingerprint density at radius 2 is 2.05 bits per heavy atom. The monoisotopic (exact) mass is 278 g/mol. The Balaban J connectivity index is 1.78. The Kier molecular flexibility index (Phi) is 2.97. The van der Waals surface area contributed by atoms with Crippen LogP contribution in [0, 0.1) is 0 Å². The summed E-state index contributed by atoms with van der Waals surface area (Å²) in [4.78, 5) is 9.30. The van der Waals surface area contributed by atoms with E-state index in [-0.39, 0.29) is 6.04 Å². The molecule has 0 amide bonds. The lowest BCUT2D eigenvalue weighted by molar-refractivity contribution is 0.459. The minimum Gasteiger partial charge on any atom is -0.312 e. The number of fused-ring (bicyclic) bond motifs is 2. The van der Waals surface area contributed by atoms with E-state index in [1.165, 1.54) is 11.1 Å². The number of aryl methyl sites for hydroxylation is 1. The van der Waals surface area contributed by atoms with Gasteiger partial charge in [0.1, 0.15) is 11.3 Å². The van der Waals surface area contributed by atoms with Gasteiger partial charge in [-0.1, -0.05) is 24.3 Å². The van der Waals surface area contributed by atoms with Gasteiger partial charge in [0.05, 0.1) is 6.04 Å². The van der Waals surface area contributed by atoms with Crippen molar-refractivity contribution in [2.24, 2.45) is 0 Å². The summed E-state index contributed by atoms with van der Waals surface area (Å²) in [6.45, 7) is 3.94. The van der Waals surface area contributed by atoms with Crippen molar-refractivity contribution in [2.75, 3.05) is 0 Å². The second-order valence-corrected chi connectivity index (χ2v) is 5.47. The van der Waals surface area contributed by atoms with Crippen molar-refractivity contribution in [3.05, 3.63) is 59.5 Å². The van der Waals surface area contributed by atoms with Crippen molar-refractivity contribution in [1.29, 1.82) is 0 Å². The van der Waals surface area contributed by atoms with E-state index in [1.54, 1.807) is 0 Å². The largest absolute Gasteiger partial charge is 0.312 e. The van der Waals surface area contributed by atoms with Crippen molar-refractivity contribution in [3.63, 3.8) is 0 Å². The molecular weight excluding hydrogens is 260 g/mol. The molecule has 4 heteroatoms. The number of rotatable bonds is 2. The highest BCUT2D eigenvalue weighted by Gasteiger charge is 2.24. The summed E-state index contributed by atoms with van der Waals surface area (Å²) in [6, 6.07) is 12.9. The zero-order chi connectivity index (χ0) is 14.2. The van der Waals surface area contributed by atoms with Crippen LogP contribution in [0.25, 0.3) is 11.2 Å². The SMILES string of the molecule is CCn1c(C2Cc3ccccc3CN2)nc2cccnc21. The third-order valence-corrected chi connectivity index (χ3v) is 4.24. The number of aromatic nitrogens is 3. The Morgan fingerprint density at radius 3 is 2.90 bits per heavy atom. The van der Waals surface area contributed by atoms with Gasteiger partial charge in [0.15, 0.2) is 5.65 Å². The molecule has 3 aromatic rings. The van der Waals surface area contributed by atoms with Crippen LogP contribution >= 0.6 is 0 Å². The van der Waals surface area contributed by atoms with Crippen molar-refractivity contribution in [3.8, 4) is 0 Å². The Bertz CT molecular complexity index is 790. The summed E-state index contributed by atoms with van der Waals surface area (Å²) in [5.41, 5.74) is 4.78. The van der Waals surface area contributed by atoms with E-state index < -0.39 is 0 Å². The highest BCUT2D eigenvalue weighted by atomic mass is 15.2. The van der Waals surface area contributed by atoms with Gasteiger partial charge in [0.2, 0.25) is 0 Å². The zero-order valence-corrected chi connectivity index (χ0v) is 12.1. The van der Waals surface area contributed by atoms with Crippen LogP contribution in [0.4, 0.5) is 0 Å². The second-order valence-electron chi connectivity index (χ2n) is 5.47. The standard InChI is InChI=1S/C17H18N4/c1-2-21-16-14(8-5-9-18-16)20-17(21)15-10-12-6-3-4-7-13(12)11-19-15/h3-9,15,19H,2,10-11H2,1H3. The average molecular weight is 278 g/mol. The molecular formula is C17H18N4. The van der Waals surface area contributed by atoms with Gasteiger partial charge < -0.3 is 9.88 Å². The van der Waals surface area contributed by atoms with Crippen LogP contribution < -0.4 is 5.32 Å². The predicted molar refractivity (Wildman–Crippen MR) is 82.9 cm³/mol. The molecule has 0 aliphatic carbocycles. The topological polar surface area (TPSA) is 42.7 Å². The van der Waals surface area contributed by atoms with Crippen molar-refractivity contribution in [1.82, 2.24) is 19.9 Å². The lowest BCUT2D eigenvalue weighted by atomic mass is 9.95. The first kappa shape index (κ1) is 12.5. The molecule has 0 radical (unpaired) electrons. The molecule has 1 aromatic carbocycles. The summed E-state index contributed by atoms with van der Waals surface area (Å²) in [6.07, 6.45) is 2.82. The lowest BCUT2D eigenvalue weighted by Crippen LogP contribution is -2.30. The first-order valence-electron chi connectivity index (χ1n) is 7.48. The van der Waals surface area contributed by atoms with Crippen molar-refractivity contribution in [2.45, 2.75) is 32.5 Å². The van der Waals surface area contributed by atoms with Gasteiger partial charge in [-0.05, 0) is 36.6 Å². The lowest BCUT2D eigenvalue weighted by Gasteiger charge is -2.26. The highest BCUT2D eigenvalue weighted by molar-refractivity contribution is 5.71. The van der Waals surface area contributed by atoms with Crippen LogP contribution in [0.5, 0.6) is 0 Å². The highest BCUT2D eigenvalue weighted by Crippen LogP contribution is 2.27. The van der Waals surface area contributed by atoms with E-state index in [9.17, 15) is 0 Å². The van der Waals surface area contributed by atoms with Crippen LogP contribution in [0.2, 0.25) is 0 Å². The Labute approximate surface area is 123 Å². The fourth-order valence-corrected chi connectivity index (χ4v) is 3.19. The Morgan fingerprint density at radius 1 is 1.19 bits per heavy atom. The molecule has 4 rings (SSSR count). The van der Waals surface area contributed by atoms with Gasteiger partial charge in [-0.25, -0.2) is 9.97 Å². The van der Waals surface area contributed by atoms with E-state index in [0.717, 1.165) is 36.5 Å². The van der Waals surface area contributed by atoms with Crippen LogP contribution in [0.1, 0.15) is 29.9 Å². The molecule has 0 saturated carbocycles. The molecule has 1 atom stereocenters. The quantitative estimate of drug-likeness (QED) is 0.784. The molecule has 1 unspecified atom stereocenters. The molecule has 0 saturated heterocycles. The van der Waals surface area contributed by atoms with Gasteiger partial charge >= 0.3 is 0 Å². The maximum atomic E-state index is 4.82. The number of imidazole rings is 1. The van der Waals surface area contributed by atoms with E-state index in [2.05, 4.69) is 46.1 Å². The molecule has 106 valence electrons. The first-order valence-corrected chi connectivity index (χ1v) is 7.48. The molecule has 1 N–H and O–H groups in total. The normalized spacial score (nSPS) is 17.9. The first-order chi connectivity index (χ1) is 10.4.